The quantitative estimate of drug-likeness (QED) is 0.931. The number of alkyl halides is 2. The SMILES string of the molecule is Cc1cc(Cl)c(C(=O)Nc2cccc(OC(F)F)c2)cn1. The molecule has 1 heterocycles. The van der Waals surface area contributed by atoms with E-state index in [4.69, 9.17) is 11.6 Å². The smallest absolute Gasteiger partial charge is 0.387 e. The van der Waals surface area contributed by atoms with Gasteiger partial charge >= 0.3 is 6.61 Å². The van der Waals surface area contributed by atoms with Gasteiger partial charge in [-0.25, -0.2) is 0 Å². The van der Waals surface area contributed by atoms with E-state index in [1.807, 2.05) is 0 Å². The highest BCUT2D eigenvalue weighted by Gasteiger charge is 2.12. The minimum absolute atomic E-state index is 0.0454. The molecule has 1 amide bonds. The maximum Gasteiger partial charge on any atom is 0.387 e. The number of nitrogens with one attached hydrogen (secondary N) is 1. The molecule has 1 aromatic carbocycles. The number of halogens is 3. The van der Waals surface area contributed by atoms with Crippen molar-refractivity contribution in [1.29, 1.82) is 0 Å². The van der Waals surface area contributed by atoms with Crippen molar-refractivity contribution in [3.8, 4) is 5.75 Å². The normalized spacial score (nSPS) is 10.5. The first-order valence-electron chi connectivity index (χ1n) is 5.94. The number of carbonyl (C=O) groups is 1. The van der Waals surface area contributed by atoms with Crippen LogP contribution in [0.25, 0.3) is 0 Å². The Morgan fingerprint density at radius 1 is 1.38 bits per heavy atom. The number of aryl methyl sites for hydroxylation is 1. The number of rotatable bonds is 4. The molecule has 7 heteroatoms. The number of hydrogen-bond donors (Lipinski definition) is 1. The van der Waals surface area contributed by atoms with E-state index < -0.39 is 12.5 Å². The van der Waals surface area contributed by atoms with Gasteiger partial charge in [0.15, 0.2) is 0 Å². The number of aromatic nitrogens is 1. The summed E-state index contributed by atoms with van der Waals surface area (Å²) < 4.78 is 28.5. The van der Waals surface area contributed by atoms with Crippen LogP contribution in [-0.4, -0.2) is 17.5 Å². The molecule has 0 saturated carbocycles. The maximum absolute atomic E-state index is 12.1. The van der Waals surface area contributed by atoms with E-state index in [0.29, 0.717) is 11.4 Å². The van der Waals surface area contributed by atoms with E-state index in [0.717, 1.165) is 0 Å². The lowest BCUT2D eigenvalue weighted by Gasteiger charge is -2.09. The molecule has 0 aliphatic carbocycles. The van der Waals surface area contributed by atoms with E-state index in [2.05, 4.69) is 15.0 Å². The molecule has 2 rings (SSSR count). The monoisotopic (exact) mass is 312 g/mol. The van der Waals surface area contributed by atoms with Gasteiger partial charge in [0.05, 0.1) is 10.6 Å². The number of ether oxygens (including phenoxy) is 1. The van der Waals surface area contributed by atoms with Gasteiger partial charge in [0.2, 0.25) is 0 Å². The van der Waals surface area contributed by atoms with Gasteiger partial charge in [-0.3, -0.25) is 9.78 Å². The second-order valence-electron chi connectivity index (χ2n) is 4.17. The van der Waals surface area contributed by atoms with Gasteiger partial charge < -0.3 is 10.1 Å². The first kappa shape index (κ1) is 15.2. The Balaban J connectivity index is 2.15. The van der Waals surface area contributed by atoms with Crippen LogP contribution >= 0.6 is 11.6 Å². The number of carbonyl (C=O) groups excluding carboxylic acids is 1. The molecule has 0 saturated heterocycles. The summed E-state index contributed by atoms with van der Waals surface area (Å²) in [5.74, 6) is -0.530. The Kier molecular flexibility index (Phi) is 4.70. The van der Waals surface area contributed by atoms with E-state index in [-0.39, 0.29) is 16.3 Å². The summed E-state index contributed by atoms with van der Waals surface area (Å²) in [6.45, 7) is -1.18. The van der Waals surface area contributed by atoms with Gasteiger partial charge in [0.1, 0.15) is 5.75 Å². The summed E-state index contributed by atoms with van der Waals surface area (Å²) in [7, 11) is 0. The first-order valence-corrected chi connectivity index (χ1v) is 6.32. The van der Waals surface area contributed by atoms with E-state index in [1.165, 1.54) is 24.4 Å². The number of benzene rings is 1. The molecule has 0 bridgehead atoms. The third kappa shape index (κ3) is 4.13. The predicted octanol–water partition coefficient (Wildman–Crippen LogP) is 3.90. The fourth-order valence-corrected chi connectivity index (χ4v) is 1.93. The summed E-state index contributed by atoms with van der Waals surface area (Å²) in [6.07, 6.45) is 1.35. The molecule has 0 unspecified atom stereocenters. The summed E-state index contributed by atoms with van der Waals surface area (Å²) in [5.41, 5.74) is 1.20. The van der Waals surface area contributed by atoms with Crippen LogP contribution in [0.3, 0.4) is 0 Å². The molecule has 0 atom stereocenters. The lowest BCUT2D eigenvalue weighted by atomic mass is 10.2. The Hall–Kier alpha value is -2.21. The number of nitrogens with zero attached hydrogens (tertiary/aromatic N) is 1. The number of amides is 1. The molecule has 0 spiro atoms. The molecule has 110 valence electrons. The van der Waals surface area contributed by atoms with Gasteiger partial charge in [-0.05, 0) is 25.1 Å². The molecular formula is C14H11ClF2N2O2. The van der Waals surface area contributed by atoms with Gasteiger partial charge in [0.25, 0.3) is 5.91 Å². The molecule has 1 aromatic heterocycles. The Morgan fingerprint density at radius 2 is 2.14 bits per heavy atom. The van der Waals surface area contributed by atoms with Crippen molar-refractivity contribution < 1.29 is 18.3 Å². The fourth-order valence-electron chi connectivity index (χ4n) is 1.64. The number of hydrogen-bond acceptors (Lipinski definition) is 3. The predicted molar refractivity (Wildman–Crippen MR) is 75.0 cm³/mol. The van der Waals surface area contributed by atoms with Gasteiger partial charge in [-0.15, -0.1) is 0 Å². The van der Waals surface area contributed by atoms with Gasteiger partial charge in [-0.2, -0.15) is 8.78 Å². The molecule has 21 heavy (non-hydrogen) atoms. The molecule has 2 aromatic rings. The van der Waals surface area contributed by atoms with Crippen LogP contribution in [-0.2, 0) is 0 Å². The average Bonchev–Trinajstić information content (AvgIpc) is 2.37. The van der Waals surface area contributed by atoms with Crippen LogP contribution in [0.4, 0.5) is 14.5 Å². The van der Waals surface area contributed by atoms with Crippen molar-refractivity contribution in [2.45, 2.75) is 13.5 Å². The van der Waals surface area contributed by atoms with E-state index in [1.54, 1.807) is 19.1 Å². The highest BCUT2D eigenvalue weighted by atomic mass is 35.5. The zero-order valence-corrected chi connectivity index (χ0v) is 11.7. The van der Waals surface area contributed by atoms with Crippen LogP contribution in [0.2, 0.25) is 5.02 Å². The summed E-state index contributed by atoms with van der Waals surface area (Å²) in [5, 5.41) is 2.81. The van der Waals surface area contributed by atoms with Crippen LogP contribution in [0, 0.1) is 6.92 Å². The van der Waals surface area contributed by atoms with E-state index >= 15 is 0 Å². The molecule has 1 N–H and O–H groups in total. The van der Waals surface area contributed by atoms with Crippen molar-refractivity contribution in [1.82, 2.24) is 4.98 Å². The second-order valence-corrected chi connectivity index (χ2v) is 4.57. The molecule has 0 radical (unpaired) electrons. The van der Waals surface area contributed by atoms with Crippen LogP contribution < -0.4 is 10.1 Å². The zero-order valence-electron chi connectivity index (χ0n) is 10.9. The minimum Gasteiger partial charge on any atom is -0.435 e. The van der Waals surface area contributed by atoms with Crippen molar-refractivity contribution in [3.05, 3.63) is 52.8 Å². The average molecular weight is 313 g/mol. The van der Waals surface area contributed by atoms with Crippen molar-refractivity contribution in [2.24, 2.45) is 0 Å². The number of anilines is 1. The second kappa shape index (κ2) is 6.49. The Morgan fingerprint density at radius 3 is 2.81 bits per heavy atom. The van der Waals surface area contributed by atoms with Gasteiger partial charge in [0, 0.05) is 23.6 Å². The number of pyridine rings is 1. The minimum atomic E-state index is -2.92. The third-order valence-corrected chi connectivity index (χ3v) is 2.86. The molecule has 0 fully saturated rings. The van der Waals surface area contributed by atoms with Crippen LogP contribution in [0.5, 0.6) is 5.75 Å². The lowest BCUT2D eigenvalue weighted by molar-refractivity contribution is -0.0497. The largest absolute Gasteiger partial charge is 0.435 e. The Bertz CT molecular complexity index is 665. The Labute approximate surface area is 124 Å². The molecular weight excluding hydrogens is 302 g/mol. The highest BCUT2D eigenvalue weighted by molar-refractivity contribution is 6.34. The molecule has 0 aliphatic heterocycles. The van der Waals surface area contributed by atoms with Crippen molar-refractivity contribution in [3.63, 3.8) is 0 Å². The third-order valence-electron chi connectivity index (χ3n) is 2.55. The first-order chi connectivity index (χ1) is 9.95. The molecule has 4 nitrogen and oxygen atoms in total. The zero-order chi connectivity index (χ0) is 15.4. The van der Waals surface area contributed by atoms with Crippen LogP contribution in [0.15, 0.2) is 36.5 Å². The fraction of sp³-hybridized carbons (Fsp3) is 0.143. The standard InChI is InChI=1S/C14H11ClF2N2O2/c1-8-5-12(15)11(7-18-8)13(20)19-9-3-2-4-10(6-9)21-14(16)17/h2-7,14H,1H3,(H,19,20). The van der Waals surface area contributed by atoms with E-state index in [9.17, 15) is 13.6 Å². The topological polar surface area (TPSA) is 51.2 Å². The molecule has 0 aliphatic rings. The summed E-state index contributed by atoms with van der Waals surface area (Å²) in [4.78, 5) is 16.0. The van der Waals surface area contributed by atoms with Gasteiger partial charge in [-0.1, -0.05) is 17.7 Å². The summed E-state index contributed by atoms with van der Waals surface area (Å²) >= 11 is 5.97. The van der Waals surface area contributed by atoms with Crippen LogP contribution in [0.1, 0.15) is 16.1 Å². The summed E-state index contributed by atoms with van der Waals surface area (Å²) in [6, 6.07) is 7.25. The maximum atomic E-state index is 12.1. The van der Waals surface area contributed by atoms with Crippen molar-refractivity contribution in [2.75, 3.05) is 5.32 Å². The van der Waals surface area contributed by atoms with Crippen molar-refractivity contribution >= 4 is 23.2 Å². The lowest BCUT2D eigenvalue weighted by Crippen LogP contribution is -2.13. The highest BCUT2D eigenvalue weighted by Crippen LogP contribution is 2.21.